The van der Waals surface area contributed by atoms with Crippen LogP contribution in [0.1, 0.15) is 37.3 Å². The minimum atomic E-state index is -1.34. The molecule has 0 radical (unpaired) electrons. The lowest BCUT2D eigenvalue weighted by atomic mass is 10.1. The van der Waals surface area contributed by atoms with E-state index in [0.29, 0.717) is 15.6 Å². The van der Waals surface area contributed by atoms with Gasteiger partial charge in [0.25, 0.3) is 0 Å². The van der Waals surface area contributed by atoms with Crippen LogP contribution in [0.2, 0.25) is 0 Å². The third-order valence-corrected chi connectivity index (χ3v) is 2.97. The van der Waals surface area contributed by atoms with E-state index in [1.165, 1.54) is 25.1 Å². The average Bonchev–Trinajstić information content (AvgIpc) is 2.27. The number of ether oxygens (including phenoxy) is 1. The fraction of sp³-hybridized carbons (Fsp3) is 0.417. The summed E-state index contributed by atoms with van der Waals surface area (Å²) in [6.07, 6.45) is -2.45. The molecule has 1 N–H and O–H groups in total. The van der Waals surface area contributed by atoms with Crippen LogP contribution in [0.4, 0.5) is 4.39 Å². The summed E-state index contributed by atoms with van der Waals surface area (Å²) in [6, 6.07) is 4.57. The Labute approximate surface area is 108 Å². The second-order valence-corrected chi connectivity index (χ2v) is 4.41. The van der Waals surface area contributed by atoms with Gasteiger partial charge >= 0.3 is 5.97 Å². The van der Waals surface area contributed by atoms with Crippen molar-refractivity contribution in [2.45, 2.75) is 26.1 Å². The molecule has 5 heteroatoms. The molecule has 17 heavy (non-hydrogen) atoms. The third-order valence-electron chi connectivity index (χ3n) is 2.28. The van der Waals surface area contributed by atoms with Gasteiger partial charge in [0.05, 0.1) is 6.61 Å². The number of esters is 1. The largest absolute Gasteiger partial charge is 0.464 e. The topological polar surface area (TPSA) is 46.5 Å². The Hall–Kier alpha value is -0.940. The van der Waals surface area contributed by atoms with E-state index in [-0.39, 0.29) is 6.61 Å². The van der Waals surface area contributed by atoms with Crippen molar-refractivity contribution in [2.24, 2.45) is 0 Å². The first-order valence-electron chi connectivity index (χ1n) is 5.25. The number of halogens is 2. The molecule has 0 heterocycles. The SMILES string of the molecule is CCOC(=O)C(O)c1ccc(C(C)F)c(Br)c1. The highest BCUT2D eigenvalue weighted by atomic mass is 79.9. The van der Waals surface area contributed by atoms with Gasteiger partial charge in [0.2, 0.25) is 0 Å². The van der Waals surface area contributed by atoms with Crippen LogP contribution < -0.4 is 0 Å². The fourth-order valence-corrected chi connectivity index (χ4v) is 2.11. The first-order valence-corrected chi connectivity index (χ1v) is 6.04. The van der Waals surface area contributed by atoms with E-state index in [9.17, 15) is 14.3 Å². The zero-order valence-corrected chi connectivity index (χ0v) is 11.2. The lowest BCUT2D eigenvalue weighted by Crippen LogP contribution is -2.15. The molecule has 0 aromatic heterocycles. The number of benzene rings is 1. The van der Waals surface area contributed by atoms with Crippen LogP contribution in [0.3, 0.4) is 0 Å². The summed E-state index contributed by atoms with van der Waals surface area (Å²) in [6.45, 7) is 3.28. The van der Waals surface area contributed by atoms with Crippen LogP contribution in [-0.2, 0) is 9.53 Å². The van der Waals surface area contributed by atoms with Crippen LogP contribution >= 0.6 is 15.9 Å². The Kier molecular flexibility index (Phi) is 5.08. The van der Waals surface area contributed by atoms with Crippen LogP contribution in [-0.4, -0.2) is 17.7 Å². The highest BCUT2D eigenvalue weighted by molar-refractivity contribution is 9.10. The minimum Gasteiger partial charge on any atom is -0.464 e. The summed E-state index contributed by atoms with van der Waals surface area (Å²) < 4.78 is 18.3. The van der Waals surface area contributed by atoms with Gasteiger partial charge in [-0.25, -0.2) is 9.18 Å². The number of rotatable bonds is 4. The number of aliphatic hydroxyl groups is 1. The van der Waals surface area contributed by atoms with E-state index in [1.807, 2.05) is 0 Å². The number of carbonyl (C=O) groups excluding carboxylic acids is 1. The number of alkyl halides is 1. The van der Waals surface area contributed by atoms with E-state index in [0.717, 1.165) is 0 Å². The second kappa shape index (κ2) is 6.12. The zero-order chi connectivity index (χ0) is 13.0. The summed E-state index contributed by atoms with van der Waals surface area (Å²) in [4.78, 5) is 11.3. The van der Waals surface area contributed by atoms with Gasteiger partial charge < -0.3 is 9.84 Å². The molecule has 0 bridgehead atoms. The van der Waals surface area contributed by atoms with Gasteiger partial charge in [-0.3, -0.25) is 0 Å². The quantitative estimate of drug-likeness (QED) is 0.870. The van der Waals surface area contributed by atoms with Crippen LogP contribution in [0.25, 0.3) is 0 Å². The molecule has 0 aliphatic carbocycles. The molecule has 3 nitrogen and oxygen atoms in total. The molecule has 1 rings (SSSR count). The molecule has 0 aliphatic heterocycles. The molecule has 1 aromatic carbocycles. The van der Waals surface area contributed by atoms with E-state index in [1.54, 1.807) is 6.92 Å². The van der Waals surface area contributed by atoms with Crippen LogP contribution in [0, 0.1) is 0 Å². The zero-order valence-electron chi connectivity index (χ0n) is 9.61. The maximum Gasteiger partial charge on any atom is 0.339 e. The standard InChI is InChI=1S/C12H14BrFO3/c1-3-17-12(16)11(15)8-4-5-9(7(2)14)10(13)6-8/h4-7,11,15H,3H2,1-2H3. The van der Waals surface area contributed by atoms with Crippen LogP contribution in [0.5, 0.6) is 0 Å². The third kappa shape index (κ3) is 3.51. The summed E-state index contributed by atoms with van der Waals surface area (Å²) >= 11 is 3.20. The van der Waals surface area contributed by atoms with Crippen molar-refractivity contribution in [1.82, 2.24) is 0 Å². The summed E-state index contributed by atoms with van der Waals surface area (Å²) in [5, 5.41) is 9.68. The maximum absolute atomic E-state index is 13.1. The molecule has 2 atom stereocenters. The van der Waals surface area contributed by atoms with Crippen molar-refractivity contribution in [1.29, 1.82) is 0 Å². The number of aliphatic hydroxyl groups excluding tert-OH is 1. The van der Waals surface area contributed by atoms with E-state index in [4.69, 9.17) is 4.74 Å². The summed E-state index contributed by atoms with van der Waals surface area (Å²) in [7, 11) is 0. The van der Waals surface area contributed by atoms with Crippen molar-refractivity contribution in [3.05, 3.63) is 33.8 Å². The Morgan fingerprint density at radius 2 is 2.24 bits per heavy atom. The van der Waals surface area contributed by atoms with Crippen molar-refractivity contribution < 1.29 is 19.0 Å². The molecule has 0 fully saturated rings. The number of carbonyl (C=O) groups is 1. The Balaban J connectivity index is 2.93. The minimum absolute atomic E-state index is 0.205. The Bertz CT molecular complexity index is 407. The van der Waals surface area contributed by atoms with E-state index >= 15 is 0 Å². The van der Waals surface area contributed by atoms with Gasteiger partial charge in [-0.1, -0.05) is 28.1 Å². The van der Waals surface area contributed by atoms with Crippen molar-refractivity contribution in [3.8, 4) is 0 Å². The molecule has 0 aliphatic rings. The smallest absolute Gasteiger partial charge is 0.339 e. The molecule has 0 saturated heterocycles. The predicted octanol–water partition coefficient (Wildman–Crippen LogP) is 3.08. The second-order valence-electron chi connectivity index (χ2n) is 3.55. The van der Waals surface area contributed by atoms with Gasteiger partial charge in [0.1, 0.15) is 6.17 Å². The molecule has 0 amide bonds. The normalized spacial score (nSPS) is 14.2. The van der Waals surface area contributed by atoms with Gasteiger partial charge in [-0.05, 0) is 31.0 Å². The predicted molar refractivity (Wildman–Crippen MR) is 65.3 cm³/mol. The summed E-state index contributed by atoms with van der Waals surface area (Å²) in [5.41, 5.74) is 0.851. The molecular formula is C12H14BrFO3. The molecule has 94 valence electrons. The Morgan fingerprint density at radius 3 is 2.71 bits per heavy atom. The lowest BCUT2D eigenvalue weighted by molar-refractivity contribution is -0.153. The first kappa shape index (κ1) is 14.1. The van der Waals surface area contributed by atoms with Crippen molar-refractivity contribution in [2.75, 3.05) is 6.61 Å². The first-order chi connectivity index (χ1) is 7.97. The highest BCUT2D eigenvalue weighted by Gasteiger charge is 2.20. The van der Waals surface area contributed by atoms with Crippen molar-refractivity contribution in [3.63, 3.8) is 0 Å². The molecular weight excluding hydrogens is 291 g/mol. The van der Waals surface area contributed by atoms with Gasteiger partial charge in [0, 0.05) is 4.47 Å². The van der Waals surface area contributed by atoms with E-state index < -0.39 is 18.2 Å². The monoisotopic (exact) mass is 304 g/mol. The Morgan fingerprint density at radius 1 is 1.59 bits per heavy atom. The summed E-state index contributed by atoms with van der Waals surface area (Å²) in [5.74, 6) is -0.708. The maximum atomic E-state index is 13.1. The average molecular weight is 305 g/mol. The number of hydrogen-bond acceptors (Lipinski definition) is 3. The van der Waals surface area contributed by atoms with E-state index in [2.05, 4.69) is 15.9 Å². The molecule has 0 saturated carbocycles. The van der Waals surface area contributed by atoms with Gasteiger partial charge in [-0.2, -0.15) is 0 Å². The fourth-order valence-electron chi connectivity index (χ4n) is 1.39. The van der Waals surface area contributed by atoms with Crippen LogP contribution in [0.15, 0.2) is 22.7 Å². The van der Waals surface area contributed by atoms with Crippen molar-refractivity contribution >= 4 is 21.9 Å². The van der Waals surface area contributed by atoms with Gasteiger partial charge in [-0.15, -0.1) is 0 Å². The molecule has 0 spiro atoms. The molecule has 1 aromatic rings. The highest BCUT2D eigenvalue weighted by Crippen LogP contribution is 2.29. The van der Waals surface area contributed by atoms with Gasteiger partial charge in [0.15, 0.2) is 6.10 Å². The number of hydrogen-bond donors (Lipinski definition) is 1. The molecule has 2 unspecified atom stereocenters. The lowest BCUT2D eigenvalue weighted by Gasteiger charge is -2.12.